The molecule has 0 saturated heterocycles. The average Bonchev–Trinajstić information content (AvgIpc) is 2.53. The maximum absolute atomic E-state index is 6.43. The van der Waals surface area contributed by atoms with Gasteiger partial charge in [0.15, 0.2) is 0 Å². The molecule has 1 unspecified atom stereocenters. The van der Waals surface area contributed by atoms with Gasteiger partial charge in [-0.1, -0.05) is 52.2 Å². The highest BCUT2D eigenvalue weighted by atomic mass is 16.5. The molecule has 1 N–H and O–H groups in total. The summed E-state index contributed by atoms with van der Waals surface area (Å²) in [4.78, 5) is 0. The van der Waals surface area contributed by atoms with Crippen molar-refractivity contribution in [2.45, 2.75) is 84.3 Å². The molecule has 0 spiro atoms. The zero-order valence-electron chi connectivity index (χ0n) is 14.9. The summed E-state index contributed by atoms with van der Waals surface area (Å²) in [6.45, 7) is 10.0. The highest BCUT2D eigenvalue weighted by molar-refractivity contribution is 5.41. The highest BCUT2D eigenvalue weighted by Gasteiger charge is 2.38. The molecule has 1 aliphatic rings. The van der Waals surface area contributed by atoms with Crippen LogP contribution in [0, 0.1) is 6.92 Å². The predicted octanol–water partition coefficient (Wildman–Crippen LogP) is 5.55. The summed E-state index contributed by atoms with van der Waals surface area (Å²) in [7, 11) is 0. The Morgan fingerprint density at radius 1 is 1.14 bits per heavy atom. The van der Waals surface area contributed by atoms with E-state index in [4.69, 9.17) is 4.74 Å². The number of aryl methyl sites for hydroxylation is 1. The SMILES string of the molecule is CCCCCCNC1CC(CC)(CC)Oc2cc(C)ccc21. The van der Waals surface area contributed by atoms with Crippen molar-refractivity contribution in [1.29, 1.82) is 0 Å². The van der Waals surface area contributed by atoms with E-state index in [-0.39, 0.29) is 5.60 Å². The molecule has 1 aliphatic heterocycles. The summed E-state index contributed by atoms with van der Waals surface area (Å²) in [6.07, 6.45) is 8.49. The van der Waals surface area contributed by atoms with E-state index in [1.54, 1.807) is 0 Å². The Labute approximate surface area is 136 Å². The number of ether oxygens (including phenoxy) is 1. The quantitative estimate of drug-likeness (QED) is 0.636. The third-order valence-electron chi connectivity index (χ3n) is 5.16. The molecule has 0 bridgehead atoms. The molecule has 2 rings (SSSR count). The van der Waals surface area contributed by atoms with Gasteiger partial charge in [0.05, 0.1) is 0 Å². The smallest absolute Gasteiger partial charge is 0.125 e. The van der Waals surface area contributed by atoms with Gasteiger partial charge in [-0.15, -0.1) is 0 Å². The monoisotopic (exact) mass is 303 g/mol. The molecule has 0 aromatic heterocycles. The van der Waals surface area contributed by atoms with Gasteiger partial charge in [-0.05, 0) is 44.4 Å². The first kappa shape index (κ1) is 17.3. The van der Waals surface area contributed by atoms with E-state index in [1.165, 1.54) is 36.8 Å². The van der Waals surface area contributed by atoms with Crippen LogP contribution in [0.15, 0.2) is 18.2 Å². The summed E-state index contributed by atoms with van der Waals surface area (Å²) in [5.41, 5.74) is 2.63. The van der Waals surface area contributed by atoms with Gasteiger partial charge in [-0.3, -0.25) is 0 Å². The lowest BCUT2D eigenvalue weighted by Crippen LogP contribution is -2.43. The number of hydrogen-bond donors (Lipinski definition) is 1. The molecule has 124 valence electrons. The Kier molecular flexibility index (Phi) is 6.31. The van der Waals surface area contributed by atoms with Crippen LogP contribution in [0.1, 0.15) is 82.9 Å². The third kappa shape index (κ3) is 4.04. The van der Waals surface area contributed by atoms with Crippen LogP contribution in [0.3, 0.4) is 0 Å². The predicted molar refractivity (Wildman–Crippen MR) is 94.6 cm³/mol. The molecule has 2 heteroatoms. The van der Waals surface area contributed by atoms with Crippen LogP contribution in [-0.2, 0) is 0 Å². The fourth-order valence-electron chi connectivity index (χ4n) is 3.47. The van der Waals surface area contributed by atoms with Crippen LogP contribution in [0.25, 0.3) is 0 Å². The Hall–Kier alpha value is -1.02. The Morgan fingerprint density at radius 2 is 1.91 bits per heavy atom. The lowest BCUT2D eigenvalue weighted by Gasteiger charge is -2.42. The molecule has 0 saturated carbocycles. The lowest BCUT2D eigenvalue weighted by molar-refractivity contribution is 0.0227. The Morgan fingerprint density at radius 3 is 2.59 bits per heavy atom. The van der Waals surface area contributed by atoms with Crippen LogP contribution in [0.5, 0.6) is 5.75 Å². The normalized spacial score (nSPS) is 19.5. The van der Waals surface area contributed by atoms with Crippen LogP contribution >= 0.6 is 0 Å². The zero-order chi connectivity index (χ0) is 16.0. The van der Waals surface area contributed by atoms with Gasteiger partial charge in [0.25, 0.3) is 0 Å². The number of hydrogen-bond acceptors (Lipinski definition) is 2. The van der Waals surface area contributed by atoms with Crippen molar-refractivity contribution < 1.29 is 4.74 Å². The summed E-state index contributed by atoms with van der Waals surface area (Å²) in [5, 5.41) is 3.80. The van der Waals surface area contributed by atoms with Gasteiger partial charge in [-0.2, -0.15) is 0 Å². The van der Waals surface area contributed by atoms with Crippen LogP contribution in [0.4, 0.5) is 0 Å². The Balaban J connectivity index is 2.10. The molecule has 0 fully saturated rings. The second kappa shape index (κ2) is 8.01. The molecule has 22 heavy (non-hydrogen) atoms. The first-order valence-electron chi connectivity index (χ1n) is 9.17. The summed E-state index contributed by atoms with van der Waals surface area (Å²) in [6, 6.07) is 7.11. The lowest BCUT2D eigenvalue weighted by atomic mass is 9.83. The number of unbranched alkanes of at least 4 members (excludes halogenated alkanes) is 3. The van der Waals surface area contributed by atoms with Crippen molar-refractivity contribution in [2.24, 2.45) is 0 Å². The van der Waals surface area contributed by atoms with E-state index in [1.807, 2.05) is 0 Å². The van der Waals surface area contributed by atoms with Crippen molar-refractivity contribution in [1.82, 2.24) is 5.32 Å². The second-order valence-electron chi connectivity index (χ2n) is 6.80. The minimum absolute atomic E-state index is 0.00186. The van der Waals surface area contributed by atoms with Crippen molar-refractivity contribution in [3.8, 4) is 5.75 Å². The zero-order valence-corrected chi connectivity index (χ0v) is 14.9. The van der Waals surface area contributed by atoms with Gasteiger partial charge in [0.2, 0.25) is 0 Å². The van der Waals surface area contributed by atoms with E-state index >= 15 is 0 Å². The fourth-order valence-corrected chi connectivity index (χ4v) is 3.47. The number of benzene rings is 1. The van der Waals surface area contributed by atoms with Crippen molar-refractivity contribution in [3.05, 3.63) is 29.3 Å². The van der Waals surface area contributed by atoms with Gasteiger partial charge >= 0.3 is 0 Å². The number of nitrogens with one attached hydrogen (secondary N) is 1. The topological polar surface area (TPSA) is 21.3 Å². The van der Waals surface area contributed by atoms with E-state index in [2.05, 4.69) is 51.2 Å². The average molecular weight is 303 g/mol. The van der Waals surface area contributed by atoms with E-state index in [0.717, 1.165) is 31.6 Å². The summed E-state index contributed by atoms with van der Waals surface area (Å²) >= 11 is 0. The first-order valence-corrected chi connectivity index (χ1v) is 9.17. The molecule has 0 amide bonds. The van der Waals surface area contributed by atoms with Gasteiger partial charge in [0, 0.05) is 18.0 Å². The van der Waals surface area contributed by atoms with Crippen molar-refractivity contribution in [3.63, 3.8) is 0 Å². The van der Waals surface area contributed by atoms with Gasteiger partial charge in [-0.25, -0.2) is 0 Å². The standard InChI is InChI=1S/C20H33NO/c1-5-8-9-10-13-21-18-15-20(6-2,7-3)22-19-14-16(4)11-12-17(18)19/h11-12,14,18,21H,5-10,13,15H2,1-4H3. The second-order valence-corrected chi connectivity index (χ2v) is 6.80. The van der Waals surface area contributed by atoms with E-state index < -0.39 is 0 Å². The fraction of sp³-hybridized carbons (Fsp3) is 0.700. The van der Waals surface area contributed by atoms with Crippen LogP contribution < -0.4 is 10.1 Å². The molecular weight excluding hydrogens is 270 g/mol. The first-order chi connectivity index (χ1) is 10.6. The van der Waals surface area contributed by atoms with Crippen molar-refractivity contribution >= 4 is 0 Å². The molecule has 1 atom stereocenters. The molecule has 2 nitrogen and oxygen atoms in total. The molecule has 1 heterocycles. The maximum atomic E-state index is 6.43. The van der Waals surface area contributed by atoms with Gasteiger partial charge < -0.3 is 10.1 Å². The van der Waals surface area contributed by atoms with Gasteiger partial charge in [0.1, 0.15) is 11.4 Å². The summed E-state index contributed by atoms with van der Waals surface area (Å²) in [5.74, 6) is 1.10. The van der Waals surface area contributed by atoms with Crippen LogP contribution in [-0.4, -0.2) is 12.1 Å². The molecule has 1 aromatic rings. The molecule has 1 aromatic carbocycles. The maximum Gasteiger partial charge on any atom is 0.125 e. The molecule has 0 aliphatic carbocycles. The molecule has 0 radical (unpaired) electrons. The summed E-state index contributed by atoms with van der Waals surface area (Å²) < 4.78 is 6.43. The third-order valence-corrected chi connectivity index (χ3v) is 5.16. The van der Waals surface area contributed by atoms with E-state index in [9.17, 15) is 0 Å². The Bertz CT molecular complexity index is 465. The minimum Gasteiger partial charge on any atom is -0.487 e. The number of rotatable bonds is 8. The van der Waals surface area contributed by atoms with Crippen LogP contribution in [0.2, 0.25) is 0 Å². The molecular formula is C20H33NO. The van der Waals surface area contributed by atoms with E-state index in [0.29, 0.717) is 6.04 Å². The minimum atomic E-state index is 0.00186. The highest BCUT2D eigenvalue weighted by Crippen LogP contribution is 2.43. The largest absolute Gasteiger partial charge is 0.487 e. The number of fused-ring (bicyclic) bond motifs is 1. The van der Waals surface area contributed by atoms with Crippen molar-refractivity contribution in [2.75, 3.05) is 6.54 Å².